The first-order valence-electron chi connectivity index (χ1n) is 5.23. The van der Waals surface area contributed by atoms with E-state index in [0.29, 0.717) is 9.79 Å². The highest BCUT2D eigenvalue weighted by Gasteiger charge is 2.41. The van der Waals surface area contributed by atoms with E-state index >= 15 is 0 Å². The molecule has 0 bridgehead atoms. The van der Waals surface area contributed by atoms with Gasteiger partial charge < -0.3 is 0 Å². The van der Waals surface area contributed by atoms with Gasteiger partial charge in [-0.2, -0.15) is 0 Å². The Morgan fingerprint density at radius 1 is 1.17 bits per heavy atom. The number of hydrogen-bond acceptors (Lipinski definition) is 4. The Morgan fingerprint density at radius 3 is 2.72 bits per heavy atom. The third-order valence-corrected chi connectivity index (χ3v) is 5.56. The van der Waals surface area contributed by atoms with Crippen molar-refractivity contribution < 1.29 is 9.13 Å². The van der Waals surface area contributed by atoms with Gasteiger partial charge in [-0.15, -0.1) is 11.3 Å². The van der Waals surface area contributed by atoms with Crippen LogP contribution in [0.25, 0.3) is 20.2 Å². The van der Waals surface area contributed by atoms with Gasteiger partial charge in [-0.25, -0.2) is 4.21 Å². The largest absolute Gasteiger partial charge is 0.288 e. The Balaban J connectivity index is 2.25. The summed E-state index contributed by atoms with van der Waals surface area (Å²) >= 11 is 1.50. The fraction of sp³-hybridized carbons (Fsp3) is 0. The molecule has 3 aromatic rings. The van der Waals surface area contributed by atoms with Crippen LogP contribution in [0.3, 0.4) is 0 Å². The lowest BCUT2D eigenvalue weighted by atomic mass is 10.1. The van der Waals surface area contributed by atoms with Crippen molar-refractivity contribution in [2.45, 2.75) is 9.79 Å². The van der Waals surface area contributed by atoms with Gasteiger partial charge in [0.05, 0.1) is 20.6 Å². The van der Waals surface area contributed by atoms with Gasteiger partial charge in [0.25, 0.3) is 5.69 Å². The summed E-state index contributed by atoms with van der Waals surface area (Å²) in [7, 11) is -1.29. The zero-order chi connectivity index (χ0) is 12.4. The zero-order valence-electron chi connectivity index (χ0n) is 8.88. The molecule has 1 aliphatic heterocycles. The van der Waals surface area contributed by atoms with Crippen molar-refractivity contribution >= 4 is 48.0 Å². The molecule has 4 rings (SSSR count). The van der Waals surface area contributed by atoms with Crippen molar-refractivity contribution in [3.05, 3.63) is 40.4 Å². The normalized spacial score (nSPS) is 17.0. The van der Waals surface area contributed by atoms with E-state index in [1.165, 1.54) is 11.3 Å². The van der Waals surface area contributed by atoms with Crippen LogP contribution in [-0.2, 0) is 10.8 Å². The van der Waals surface area contributed by atoms with Crippen LogP contribution in [0.4, 0.5) is 5.69 Å². The van der Waals surface area contributed by atoms with Gasteiger partial charge >= 0.3 is 0 Å². The van der Waals surface area contributed by atoms with E-state index in [9.17, 15) is 14.3 Å². The fourth-order valence-electron chi connectivity index (χ4n) is 2.28. The van der Waals surface area contributed by atoms with Gasteiger partial charge in [-0.05, 0) is 6.07 Å². The van der Waals surface area contributed by atoms with Crippen molar-refractivity contribution in [1.29, 1.82) is 0 Å². The highest BCUT2D eigenvalue weighted by Crippen LogP contribution is 2.52. The van der Waals surface area contributed by atoms with Gasteiger partial charge in [0, 0.05) is 26.2 Å². The molecule has 2 aromatic carbocycles. The number of thiophene rings is 1. The van der Waals surface area contributed by atoms with E-state index in [1.54, 1.807) is 6.07 Å². The molecule has 4 nitrogen and oxygen atoms in total. The van der Waals surface area contributed by atoms with Crippen LogP contribution in [-0.4, -0.2) is 9.13 Å². The van der Waals surface area contributed by atoms with Crippen molar-refractivity contribution in [2.24, 2.45) is 0 Å². The van der Waals surface area contributed by atoms with E-state index in [-0.39, 0.29) is 5.69 Å². The molecule has 0 saturated carbocycles. The third kappa shape index (κ3) is 1.11. The second-order valence-corrected chi connectivity index (χ2v) is 6.49. The van der Waals surface area contributed by atoms with Crippen LogP contribution in [0.2, 0.25) is 0 Å². The summed E-state index contributed by atoms with van der Waals surface area (Å²) in [6.45, 7) is 0. The summed E-state index contributed by atoms with van der Waals surface area (Å²) in [6.07, 6.45) is 0. The molecule has 1 unspecified atom stereocenters. The van der Waals surface area contributed by atoms with Gasteiger partial charge in [-0.3, -0.25) is 10.1 Å². The third-order valence-electron chi connectivity index (χ3n) is 3.08. The molecule has 0 aliphatic carbocycles. The molecule has 0 radical (unpaired) electrons. The minimum absolute atomic E-state index is 0.0117. The first-order valence-corrected chi connectivity index (χ1v) is 7.19. The van der Waals surface area contributed by atoms with Gasteiger partial charge in [0.2, 0.25) is 0 Å². The van der Waals surface area contributed by atoms with Crippen molar-refractivity contribution in [1.82, 2.24) is 0 Å². The van der Waals surface area contributed by atoms with Crippen LogP contribution in [0, 0.1) is 10.1 Å². The predicted octanol–water partition coefficient (Wildman–Crippen LogP) is 3.44. The first-order chi connectivity index (χ1) is 8.68. The van der Waals surface area contributed by atoms with Gasteiger partial charge in [0.1, 0.15) is 4.90 Å². The van der Waals surface area contributed by atoms with E-state index < -0.39 is 15.7 Å². The van der Waals surface area contributed by atoms with Crippen molar-refractivity contribution in [3.8, 4) is 0 Å². The summed E-state index contributed by atoms with van der Waals surface area (Å²) in [4.78, 5) is 11.5. The Hall–Kier alpha value is -1.79. The summed E-state index contributed by atoms with van der Waals surface area (Å²) in [6, 6.07) is 9.35. The minimum atomic E-state index is -1.29. The van der Waals surface area contributed by atoms with Crippen molar-refractivity contribution in [3.63, 3.8) is 0 Å². The zero-order valence-corrected chi connectivity index (χ0v) is 10.5. The number of benzene rings is 2. The van der Waals surface area contributed by atoms with Crippen molar-refractivity contribution in [2.75, 3.05) is 0 Å². The van der Waals surface area contributed by atoms with E-state index in [2.05, 4.69) is 0 Å². The maximum absolute atomic E-state index is 11.8. The molecule has 0 spiro atoms. The predicted molar refractivity (Wildman–Crippen MR) is 70.7 cm³/mol. The average Bonchev–Trinajstić information content (AvgIpc) is 2.87. The number of fused-ring (bicyclic) bond motifs is 5. The number of nitro benzene ring substituents is 1. The number of hydrogen-bond donors (Lipinski definition) is 0. The van der Waals surface area contributed by atoms with E-state index in [4.69, 9.17) is 0 Å². The molecule has 0 amide bonds. The second kappa shape index (κ2) is 3.15. The molecule has 1 aliphatic rings. The molecular formula is C12H5NO3S2. The van der Waals surface area contributed by atoms with Crippen LogP contribution in [0.5, 0.6) is 0 Å². The SMILES string of the molecule is O=[N+]([O-])c1cc2sc3ccccc3c2c2c1S2=O. The Morgan fingerprint density at radius 2 is 1.94 bits per heavy atom. The quantitative estimate of drug-likeness (QED) is 0.304. The lowest BCUT2D eigenvalue weighted by molar-refractivity contribution is -0.387. The van der Waals surface area contributed by atoms with Crippen LogP contribution in [0.1, 0.15) is 0 Å². The van der Waals surface area contributed by atoms with Gasteiger partial charge in [0.15, 0.2) is 0 Å². The lowest BCUT2D eigenvalue weighted by Crippen LogP contribution is -1.86. The number of nitrogens with zero attached hydrogens (tertiary/aromatic N) is 1. The highest BCUT2D eigenvalue weighted by atomic mass is 32.2. The Labute approximate surface area is 107 Å². The summed E-state index contributed by atoms with van der Waals surface area (Å²) in [5.74, 6) is 0. The van der Waals surface area contributed by atoms with Crippen LogP contribution >= 0.6 is 11.3 Å². The molecule has 0 fully saturated rings. The standard InChI is InChI=1S/C12H5NO3S2/c14-13(15)7-5-9-10(12-11(7)18(12)16)6-3-1-2-4-8(6)17-9/h1-5H. The molecule has 1 aromatic heterocycles. The average molecular weight is 275 g/mol. The number of nitro groups is 1. The van der Waals surface area contributed by atoms with E-state index in [0.717, 1.165) is 20.2 Å². The maximum Gasteiger partial charge on any atom is 0.288 e. The molecule has 2 heterocycles. The minimum Gasteiger partial charge on any atom is -0.258 e. The Bertz CT molecular complexity index is 882. The summed E-state index contributed by atoms with van der Waals surface area (Å²) in [5, 5.41) is 12.9. The highest BCUT2D eigenvalue weighted by molar-refractivity contribution is 7.91. The monoisotopic (exact) mass is 275 g/mol. The fourth-order valence-corrected chi connectivity index (χ4v) is 4.80. The van der Waals surface area contributed by atoms with Gasteiger partial charge in [-0.1, -0.05) is 18.2 Å². The van der Waals surface area contributed by atoms with E-state index in [1.807, 2.05) is 24.3 Å². The topological polar surface area (TPSA) is 60.2 Å². The smallest absolute Gasteiger partial charge is 0.258 e. The molecule has 88 valence electrons. The summed E-state index contributed by atoms with van der Waals surface area (Å²) in [5.41, 5.74) is -0.0117. The molecule has 0 saturated heterocycles. The maximum atomic E-state index is 11.8. The van der Waals surface area contributed by atoms with Crippen LogP contribution < -0.4 is 0 Å². The molecule has 6 heteroatoms. The Kier molecular flexibility index (Phi) is 1.78. The molecule has 0 N–H and O–H groups in total. The summed E-state index contributed by atoms with van der Waals surface area (Å²) < 4.78 is 13.7. The number of rotatable bonds is 1. The molecule has 1 atom stereocenters. The first kappa shape index (κ1) is 10.2. The molecule has 18 heavy (non-hydrogen) atoms. The second-order valence-electron chi connectivity index (χ2n) is 4.05. The molecular weight excluding hydrogens is 270 g/mol. The van der Waals surface area contributed by atoms with Crippen LogP contribution in [0.15, 0.2) is 40.1 Å². The lowest BCUT2D eigenvalue weighted by Gasteiger charge is -1.89.